The third-order valence-electron chi connectivity index (χ3n) is 4.21. The summed E-state index contributed by atoms with van der Waals surface area (Å²) < 4.78 is 5.21. The van der Waals surface area contributed by atoms with Crippen LogP contribution < -0.4 is 16.0 Å². The summed E-state index contributed by atoms with van der Waals surface area (Å²) in [6.45, 7) is 14.5. The zero-order valence-corrected chi connectivity index (χ0v) is 17.5. The highest BCUT2D eigenvalue weighted by Crippen LogP contribution is 2.17. The van der Waals surface area contributed by atoms with Crippen LogP contribution in [-0.2, 0) is 4.74 Å². The lowest BCUT2D eigenvalue weighted by Crippen LogP contribution is -2.48. The minimum atomic E-state index is -0.476. The first-order valence-corrected chi connectivity index (χ1v) is 9.86. The Labute approximate surface area is 159 Å². The molecular formula is C19H39N5O2. The number of carbonyl (C=O) groups is 1. The number of nitrogens with one attached hydrogen (secondary N) is 3. The summed E-state index contributed by atoms with van der Waals surface area (Å²) in [5.41, 5.74) is -0.476. The molecule has 0 aromatic carbocycles. The van der Waals surface area contributed by atoms with Gasteiger partial charge in [-0.25, -0.2) is 4.79 Å². The standard InChI is InChI=1S/C19H39N5O2/c1-15(2)13-16(24-11-7-8-12-24)14-23-17(20-6)21-9-10-22-18(25)26-19(3,4)5/h15-16H,7-14H2,1-6H3,(H,22,25)(H2,20,21,23). The van der Waals surface area contributed by atoms with Crippen LogP contribution >= 0.6 is 0 Å². The minimum absolute atomic E-state index is 0.395. The minimum Gasteiger partial charge on any atom is -0.444 e. The fraction of sp³-hybridized carbons (Fsp3) is 0.895. The van der Waals surface area contributed by atoms with Crippen molar-refractivity contribution < 1.29 is 9.53 Å². The maximum absolute atomic E-state index is 11.6. The molecule has 152 valence electrons. The zero-order chi connectivity index (χ0) is 19.6. The van der Waals surface area contributed by atoms with Gasteiger partial charge >= 0.3 is 6.09 Å². The molecule has 1 atom stereocenters. The van der Waals surface area contributed by atoms with E-state index in [-0.39, 0.29) is 0 Å². The predicted octanol–water partition coefficient (Wildman–Crippen LogP) is 2.19. The number of rotatable bonds is 8. The summed E-state index contributed by atoms with van der Waals surface area (Å²) >= 11 is 0. The second-order valence-electron chi connectivity index (χ2n) is 8.34. The van der Waals surface area contributed by atoms with Gasteiger partial charge in [-0.1, -0.05) is 13.8 Å². The number of ether oxygens (including phenoxy) is 1. The van der Waals surface area contributed by atoms with Crippen LogP contribution in [0.2, 0.25) is 0 Å². The number of aliphatic imine (C=N–C) groups is 1. The van der Waals surface area contributed by atoms with Crippen molar-refractivity contribution in [2.75, 3.05) is 39.8 Å². The highest BCUT2D eigenvalue weighted by Gasteiger charge is 2.22. The van der Waals surface area contributed by atoms with Crippen molar-refractivity contribution in [3.8, 4) is 0 Å². The lowest BCUT2D eigenvalue weighted by atomic mass is 10.0. The molecule has 7 heteroatoms. The highest BCUT2D eigenvalue weighted by atomic mass is 16.6. The Morgan fingerprint density at radius 1 is 1.12 bits per heavy atom. The molecule has 1 amide bonds. The summed E-state index contributed by atoms with van der Waals surface area (Å²) in [5.74, 6) is 1.44. The van der Waals surface area contributed by atoms with E-state index in [1.54, 1.807) is 7.05 Å². The van der Waals surface area contributed by atoms with Crippen LogP contribution in [0.4, 0.5) is 4.79 Å². The first-order valence-electron chi connectivity index (χ1n) is 9.86. The van der Waals surface area contributed by atoms with Gasteiger partial charge in [-0.3, -0.25) is 9.89 Å². The van der Waals surface area contributed by atoms with E-state index in [1.165, 1.54) is 32.4 Å². The van der Waals surface area contributed by atoms with Crippen LogP contribution in [0.15, 0.2) is 4.99 Å². The molecule has 7 nitrogen and oxygen atoms in total. The zero-order valence-electron chi connectivity index (χ0n) is 17.5. The van der Waals surface area contributed by atoms with Crippen molar-refractivity contribution in [3.05, 3.63) is 0 Å². The van der Waals surface area contributed by atoms with Gasteiger partial charge in [-0.2, -0.15) is 0 Å². The Kier molecular flexibility index (Phi) is 9.76. The van der Waals surface area contributed by atoms with E-state index in [0.717, 1.165) is 12.5 Å². The summed E-state index contributed by atoms with van der Waals surface area (Å²) in [4.78, 5) is 18.5. The molecule has 0 aromatic heterocycles. The Morgan fingerprint density at radius 3 is 2.27 bits per heavy atom. The number of carbonyl (C=O) groups excluding carboxylic acids is 1. The van der Waals surface area contributed by atoms with E-state index in [2.05, 4.69) is 39.7 Å². The number of amides is 1. The predicted molar refractivity (Wildman–Crippen MR) is 108 cm³/mol. The molecule has 1 unspecified atom stereocenters. The van der Waals surface area contributed by atoms with Gasteiger partial charge in [0, 0.05) is 32.7 Å². The van der Waals surface area contributed by atoms with Crippen LogP contribution in [-0.4, -0.2) is 68.4 Å². The highest BCUT2D eigenvalue weighted by molar-refractivity contribution is 5.79. The van der Waals surface area contributed by atoms with Gasteiger partial charge in [0.2, 0.25) is 0 Å². The molecule has 1 aliphatic rings. The Balaban J connectivity index is 2.31. The molecule has 0 saturated carbocycles. The fourth-order valence-electron chi connectivity index (χ4n) is 3.11. The molecular weight excluding hydrogens is 330 g/mol. The molecule has 0 bridgehead atoms. The van der Waals surface area contributed by atoms with Crippen LogP contribution in [0.25, 0.3) is 0 Å². The fourth-order valence-corrected chi connectivity index (χ4v) is 3.11. The van der Waals surface area contributed by atoms with Crippen molar-refractivity contribution in [1.29, 1.82) is 0 Å². The Morgan fingerprint density at radius 2 is 1.73 bits per heavy atom. The van der Waals surface area contributed by atoms with Crippen LogP contribution in [0.3, 0.4) is 0 Å². The van der Waals surface area contributed by atoms with Crippen molar-refractivity contribution in [1.82, 2.24) is 20.9 Å². The molecule has 0 radical (unpaired) electrons. The smallest absolute Gasteiger partial charge is 0.407 e. The molecule has 1 aliphatic heterocycles. The molecule has 26 heavy (non-hydrogen) atoms. The van der Waals surface area contributed by atoms with E-state index in [0.29, 0.717) is 25.0 Å². The quantitative estimate of drug-likeness (QED) is 0.347. The normalized spacial score (nSPS) is 17.3. The van der Waals surface area contributed by atoms with E-state index in [1.807, 2.05) is 20.8 Å². The second-order valence-corrected chi connectivity index (χ2v) is 8.34. The van der Waals surface area contributed by atoms with Gasteiger partial charge in [0.1, 0.15) is 5.60 Å². The monoisotopic (exact) mass is 369 g/mol. The van der Waals surface area contributed by atoms with Crippen LogP contribution in [0.5, 0.6) is 0 Å². The molecule has 0 spiro atoms. The van der Waals surface area contributed by atoms with Crippen LogP contribution in [0.1, 0.15) is 53.9 Å². The van der Waals surface area contributed by atoms with E-state index < -0.39 is 11.7 Å². The molecule has 0 aliphatic carbocycles. The third kappa shape index (κ3) is 9.85. The van der Waals surface area contributed by atoms with Gasteiger partial charge in [0.05, 0.1) is 0 Å². The van der Waals surface area contributed by atoms with Gasteiger partial charge in [-0.15, -0.1) is 0 Å². The molecule has 0 aromatic rings. The van der Waals surface area contributed by atoms with E-state index in [9.17, 15) is 4.79 Å². The van der Waals surface area contributed by atoms with Gasteiger partial charge < -0.3 is 20.7 Å². The average molecular weight is 370 g/mol. The summed E-state index contributed by atoms with van der Waals surface area (Å²) in [7, 11) is 1.77. The van der Waals surface area contributed by atoms with Crippen molar-refractivity contribution in [3.63, 3.8) is 0 Å². The molecule has 1 saturated heterocycles. The number of alkyl carbamates (subject to hydrolysis) is 1. The van der Waals surface area contributed by atoms with Gasteiger partial charge in [-0.05, 0) is 59.0 Å². The van der Waals surface area contributed by atoms with Crippen LogP contribution in [0, 0.1) is 5.92 Å². The maximum atomic E-state index is 11.6. The maximum Gasteiger partial charge on any atom is 0.407 e. The summed E-state index contributed by atoms with van der Waals surface area (Å²) in [6.07, 6.45) is 3.40. The number of likely N-dealkylation sites (tertiary alicyclic amines) is 1. The van der Waals surface area contributed by atoms with Crippen molar-refractivity contribution in [2.45, 2.75) is 65.5 Å². The lowest BCUT2D eigenvalue weighted by molar-refractivity contribution is 0.0529. The van der Waals surface area contributed by atoms with E-state index >= 15 is 0 Å². The third-order valence-corrected chi connectivity index (χ3v) is 4.21. The molecule has 1 fully saturated rings. The Hall–Kier alpha value is -1.50. The topological polar surface area (TPSA) is 78.0 Å². The molecule has 3 N–H and O–H groups in total. The lowest BCUT2D eigenvalue weighted by Gasteiger charge is -2.29. The second kappa shape index (κ2) is 11.3. The summed E-state index contributed by atoms with van der Waals surface area (Å²) in [6, 6.07) is 0.538. The number of nitrogens with zero attached hydrogens (tertiary/aromatic N) is 2. The first-order chi connectivity index (χ1) is 12.2. The molecule has 1 heterocycles. The van der Waals surface area contributed by atoms with Crippen molar-refractivity contribution in [2.24, 2.45) is 10.9 Å². The van der Waals surface area contributed by atoms with Gasteiger partial charge in [0.15, 0.2) is 5.96 Å². The Bertz CT molecular complexity index is 440. The van der Waals surface area contributed by atoms with Crippen molar-refractivity contribution >= 4 is 12.1 Å². The summed E-state index contributed by atoms with van der Waals surface area (Å²) in [5, 5.41) is 9.41. The first kappa shape index (κ1) is 22.5. The molecule has 1 rings (SSSR count). The largest absolute Gasteiger partial charge is 0.444 e. The SMILES string of the molecule is CN=C(NCCNC(=O)OC(C)(C)C)NCC(CC(C)C)N1CCCC1. The van der Waals surface area contributed by atoms with E-state index in [4.69, 9.17) is 4.74 Å². The van der Waals surface area contributed by atoms with Gasteiger partial charge in [0.25, 0.3) is 0 Å². The number of guanidine groups is 1. The number of hydrogen-bond acceptors (Lipinski definition) is 4. The number of hydrogen-bond donors (Lipinski definition) is 3. The average Bonchev–Trinajstić information content (AvgIpc) is 3.05.